The fourth-order valence-corrected chi connectivity index (χ4v) is 1.96. The molecule has 5 nitrogen and oxygen atoms in total. The van der Waals surface area contributed by atoms with Crippen molar-refractivity contribution in [1.82, 2.24) is 15.1 Å². The first-order valence-corrected chi connectivity index (χ1v) is 6.45. The lowest BCUT2D eigenvalue weighted by molar-refractivity contribution is 0.0789. The van der Waals surface area contributed by atoms with Gasteiger partial charge in [0.2, 0.25) is 0 Å². The Bertz CT molecular complexity index is 577. The lowest BCUT2D eigenvalue weighted by Gasteiger charge is -2.15. The molecule has 1 heterocycles. The fourth-order valence-electron chi connectivity index (χ4n) is 1.96. The van der Waals surface area contributed by atoms with Crippen LogP contribution in [0.2, 0.25) is 0 Å². The molecule has 102 valence electrons. The number of fused-ring (bicyclic) bond motifs is 1. The molecular formula is C14H19N3O2. The van der Waals surface area contributed by atoms with E-state index in [1.807, 2.05) is 18.2 Å². The fraction of sp³-hybridized carbons (Fsp3) is 0.429. The Labute approximate surface area is 112 Å². The molecule has 0 bridgehead atoms. The second-order valence-corrected chi connectivity index (χ2v) is 4.56. The summed E-state index contributed by atoms with van der Waals surface area (Å²) < 4.78 is 5.19. The van der Waals surface area contributed by atoms with E-state index in [0.29, 0.717) is 5.69 Å². The van der Waals surface area contributed by atoms with Gasteiger partial charge in [0.1, 0.15) is 5.75 Å². The molecule has 2 rings (SSSR count). The van der Waals surface area contributed by atoms with Crippen LogP contribution in [0, 0.1) is 0 Å². The number of nitrogens with one attached hydrogen (secondary N) is 1. The average Bonchev–Trinajstić information content (AvgIpc) is 2.86. The Morgan fingerprint density at radius 1 is 1.47 bits per heavy atom. The molecular weight excluding hydrogens is 242 g/mol. The van der Waals surface area contributed by atoms with Crippen LogP contribution in [0.15, 0.2) is 18.2 Å². The number of amides is 1. The van der Waals surface area contributed by atoms with Gasteiger partial charge in [-0.2, -0.15) is 5.10 Å². The minimum atomic E-state index is -0.0621. The summed E-state index contributed by atoms with van der Waals surface area (Å²) in [6, 6.07) is 5.54. The molecule has 0 atom stereocenters. The molecule has 1 amide bonds. The van der Waals surface area contributed by atoms with Gasteiger partial charge < -0.3 is 9.64 Å². The number of ether oxygens (including phenoxy) is 1. The molecule has 19 heavy (non-hydrogen) atoms. The van der Waals surface area contributed by atoms with Crippen LogP contribution in [0.25, 0.3) is 10.9 Å². The number of benzene rings is 1. The topological polar surface area (TPSA) is 58.2 Å². The van der Waals surface area contributed by atoms with Gasteiger partial charge in [-0.3, -0.25) is 9.89 Å². The summed E-state index contributed by atoms with van der Waals surface area (Å²) in [5, 5.41) is 7.81. The summed E-state index contributed by atoms with van der Waals surface area (Å²) >= 11 is 0. The number of hydrogen-bond donors (Lipinski definition) is 1. The van der Waals surface area contributed by atoms with Gasteiger partial charge in [-0.1, -0.05) is 13.3 Å². The van der Waals surface area contributed by atoms with Crippen LogP contribution in [0.1, 0.15) is 30.3 Å². The van der Waals surface area contributed by atoms with Gasteiger partial charge >= 0.3 is 0 Å². The van der Waals surface area contributed by atoms with Crippen LogP contribution in [0.5, 0.6) is 5.75 Å². The molecule has 0 aliphatic heterocycles. The van der Waals surface area contributed by atoms with E-state index >= 15 is 0 Å². The van der Waals surface area contributed by atoms with Crippen LogP contribution in [-0.4, -0.2) is 41.7 Å². The van der Waals surface area contributed by atoms with Crippen molar-refractivity contribution in [2.24, 2.45) is 0 Å². The standard InChI is InChI=1S/C14H19N3O2/c1-4-5-8-17(2)14(18)13-11-9-10(19-3)6-7-12(11)15-16-13/h6-7,9H,4-5,8H2,1-3H3,(H,15,16). The SMILES string of the molecule is CCCCN(C)C(=O)c1n[nH]c2ccc(OC)cc12. The minimum absolute atomic E-state index is 0.0621. The summed E-state index contributed by atoms with van der Waals surface area (Å²) in [5.41, 5.74) is 1.29. The first-order chi connectivity index (χ1) is 9.17. The average molecular weight is 261 g/mol. The van der Waals surface area contributed by atoms with Gasteiger partial charge in [-0.15, -0.1) is 0 Å². The van der Waals surface area contributed by atoms with E-state index in [2.05, 4.69) is 17.1 Å². The van der Waals surface area contributed by atoms with Gasteiger partial charge in [0.15, 0.2) is 5.69 Å². The lowest BCUT2D eigenvalue weighted by atomic mass is 10.2. The van der Waals surface area contributed by atoms with E-state index in [1.165, 1.54) is 0 Å². The van der Waals surface area contributed by atoms with Crippen molar-refractivity contribution in [2.75, 3.05) is 20.7 Å². The largest absolute Gasteiger partial charge is 0.497 e. The zero-order valence-electron chi connectivity index (χ0n) is 11.6. The van der Waals surface area contributed by atoms with Crippen molar-refractivity contribution in [3.8, 4) is 5.75 Å². The molecule has 5 heteroatoms. The number of unbranched alkanes of at least 4 members (excludes halogenated alkanes) is 1. The van der Waals surface area contributed by atoms with Crippen molar-refractivity contribution in [2.45, 2.75) is 19.8 Å². The third-order valence-corrected chi connectivity index (χ3v) is 3.17. The second kappa shape index (κ2) is 5.73. The molecule has 0 saturated heterocycles. The number of aromatic nitrogens is 2. The van der Waals surface area contributed by atoms with Gasteiger partial charge in [-0.05, 0) is 24.6 Å². The van der Waals surface area contributed by atoms with Crippen molar-refractivity contribution in [3.05, 3.63) is 23.9 Å². The highest BCUT2D eigenvalue weighted by Gasteiger charge is 2.18. The quantitative estimate of drug-likeness (QED) is 0.899. The predicted octanol–water partition coefficient (Wildman–Crippen LogP) is 2.44. The van der Waals surface area contributed by atoms with Crippen LogP contribution in [-0.2, 0) is 0 Å². The molecule has 0 aliphatic carbocycles. The number of H-pyrrole nitrogens is 1. The van der Waals surface area contributed by atoms with Crippen LogP contribution in [0.3, 0.4) is 0 Å². The number of carbonyl (C=O) groups is 1. The van der Waals surface area contributed by atoms with E-state index in [9.17, 15) is 4.79 Å². The smallest absolute Gasteiger partial charge is 0.274 e. The molecule has 0 spiro atoms. The highest BCUT2D eigenvalue weighted by molar-refractivity contribution is 6.04. The zero-order valence-corrected chi connectivity index (χ0v) is 11.6. The Hall–Kier alpha value is -2.04. The maximum absolute atomic E-state index is 12.3. The highest BCUT2D eigenvalue weighted by Crippen LogP contribution is 2.22. The first-order valence-electron chi connectivity index (χ1n) is 6.45. The summed E-state index contributed by atoms with van der Waals surface area (Å²) in [7, 11) is 3.41. The van der Waals surface area contributed by atoms with Gasteiger partial charge in [0.05, 0.1) is 12.6 Å². The van der Waals surface area contributed by atoms with Gasteiger partial charge in [0, 0.05) is 19.0 Å². The predicted molar refractivity (Wildman–Crippen MR) is 74.5 cm³/mol. The van der Waals surface area contributed by atoms with Crippen molar-refractivity contribution in [3.63, 3.8) is 0 Å². The highest BCUT2D eigenvalue weighted by atomic mass is 16.5. The molecule has 0 fully saturated rings. The molecule has 1 N–H and O–H groups in total. The Balaban J connectivity index is 2.31. The first kappa shape index (κ1) is 13.4. The molecule has 1 aromatic carbocycles. The van der Waals surface area contributed by atoms with E-state index < -0.39 is 0 Å². The Morgan fingerprint density at radius 2 is 2.26 bits per heavy atom. The maximum Gasteiger partial charge on any atom is 0.274 e. The third kappa shape index (κ3) is 2.70. The number of hydrogen-bond acceptors (Lipinski definition) is 3. The van der Waals surface area contributed by atoms with Crippen molar-refractivity contribution in [1.29, 1.82) is 0 Å². The molecule has 0 radical (unpaired) electrons. The van der Waals surface area contributed by atoms with Crippen molar-refractivity contribution >= 4 is 16.8 Å². The number of rotatable bonds is 5. The summed E-state index contributed by atoms with van der Waals surface area (Å²) in [5.74, 6) is 0.659. The molecule has 2 aromatic rings. The van der Waals surface area contributed by atoms with Crippen molar-refractivity contribution < 1.29 is 9.53 Å². The van der Waals surface area contributed by atoms with E-state index in [4.69, 9.17) is 4.74 Å². The summed E-state index contributed by atoms with van der Waals surface area (Å²) in [6.07, 6.45) is 2.06. The van der Waals surface area contributed by atoms with Crippen LogP contribution >= 0.6 is 0 Å². The Kier molecular flexibility index (Phi) is 4.04. The zero-order chi connectivity index (χ0) is 13.8. The van der Waals surface area contributed by atoms with E-state index in [-0.39, 0.29) is 5.91 Å². The molecule has 0 saturated carbocycles. The number of nitrogens with zero attached hydrogens (tertiary/aromatic N) is 2. The lowest BCUT2D eigenvalue weighted by Crippen LogP contribution is -2.28. The minimum Gasteiger partial charge on any atom is -0.497 e. The molecule has 1 aromatic heterocycles. The molecule has 0 aliphatic rings. The number of methoxy groups -OCH3 is 1. The monoisotopic (exact) mass is 261 g/mol. The number of aromatic amines is 1. The summed E-state index contributed by atoms with van der Waals surface area (Å²) in [6.45, 7) is 2.85. The van der Waals surface area contributed by atoms with E-state index in [0.717, 1.165) is 36.0 Å². The maximum atomic E-state index is 12.3. The van der Waals surface area contributed by atoms with Crippen LogP contribution < -0.4 is 4.74 Å². The third-order valence-electron chi connectivity index (χ3n) is 3.17. The molecule has 0 unspecified atom stereocenters. The normalized spacial score (nSPS) is 10.7. The van der Waals surface area contributed by atoms with Crippen LogP contribution in [0.4, 0.5) is 0 Å². The van der Waals surface area contributed by atoms with E-state index in [1.54, 1.807) is 19.1 Å². The van der Waals surface area contributed by atoms with Gasteiger partial charge in [0.25, 0.3) is 5.91 Å². The summed E-state index contributed by atoms with van der Waals surface area (Å²) in [4.78, 5) is 14.0. The Morgan fingerprint density at radius 3 is 2.95 bits per heavy atom. The number of carbonyl (C=O) groups excluding carboxylic acids is 1. The van der Waals surface area contributed by atoms with Gasteiger partial charge in [-0.25, -0.2) is 0 Å². The second-order valence-electron chi connectivity index (χ2n) is 4.56.